The maximum absolute atomic E-state index is 9.63. The van der Waals surface area contributed by atoms with Gasteiger partial charge in [0.2, 0.25) is 0 Å². The molecular weight excluding hydrogens is 270 g/mol. The molecule has 1 aromatic carbocycles. The fraction of sp³-hybridized carbons (Fsp3) is 0.417. The Morgan fingerprint density at radius 1 is 1.50 bits per heavy atom. The fourth-order valence-corrected chi connectivity index (χ4v) is 1.79. The van der Waals surface area contributed by atoms with Crippen molar-refractivity contribution >= 4 is 15.9 Å². The van der Waals surface area contributed by atoms with Crippen LogP contribution in [-0.2, 0) is 0 Å². The predicted octanol–water partition coefficient (Wildman–Crippen LogP) is 2.61. The number of nitriles is 1. The average molecular weight is 282 g/mol. The average Bonchev–Trinajstić information content (AvgIpc) is 2.97. The predicted molar refractivity (Wildman–Crippen MR) is 63.2 cm³/mol. The molecule has 1 aliphatic rings. The highest BCUT2D eigenvalue weighted by molar-refractivity contribution is 9.10. The van der Waals surface area contributed by atoms with Crippen LogP contribution in [-0.4, -0.2) is 17.3 Å². The molecule has 0 amide bonds. The molecule has 0 saturated heterocycles. The molecule has 4 heteroatoms. The topological polar surface area (TPSA) is 53.2 Å². The van der Waals surface area contributed by atoms with Crippen LogP contribution < -0.4 is 4.74 Å². The Hall–Kier alpha value is -1.05. The van der Waals surface area contributed by atoms with Crippen molar-refractivity contribution in [3.8, 4) is 11.8 Å². The van der Waals surface area contributed by atoms with E-state index in [1.807, 2.05) is 0 Å². The summed E-state index contributed by atoms with van der Waals surface area (Å²) in [4.78, 5) is 0. The second-order valence-electron chi connectivity index (χ2n) is 4.08. The van der Waals surface area contributed by atoms with Crippen LogP contribution in [0.15, 0.2) is 22.7 Å². The van der Waals surface area contributed by atoms with Crippen molar-refractivity contribution < 1.29 is 9.84 Å². The van der Waals surface area contributed by atoms with E-state index in [0.717, 1.165) is 17.3 Å². The highest BCUT2D eigenvalue weighted by Gasteiger charge is 2.39. The van der Waals surface area contributed by atoms with Crippen molar-refractivity contribution in [1.82, 2.24) is 0 Å². The molecule has 0 heterocycles. The number of hydrogen-bond acceptors (Lipinski definition) is 3. The highest BCUT2D eigenvalue weighted by atomic mass is 79.9. The first kappa shape index (κ1) is 11.4. The van der Waals surface area contributed by atoms with Crippen LogP contribution in [0.5, 0.6) is 5.75 Å². The van der Waals surface area contributed by atoms with Gasteiger partial charge in [0.1, 0.15) is 11.8 Å². The lowest BCUT2D eigenvalue weighted by molar-refractivity contribution is 0.117. The summed E-state index contributed by atoms with van der Waals surface area (Å²) in [5.74, 6) is 0.570. The van der Waals surface area contributed by atoms with Gasteiger partial charge < -0.3 is 9.84 Å². The Balaban J connectivity index is 1.97. The molecule has 1 saturated carbocycles. The number of hydrogen-bond donors (Lipinski definition) is 1. The van der Waals surface area contributed by atoms with Crippen molar-refractivity contribution in [2.24, 2.45) is 0 Å². The molecular formula is C12H12BrNO2. The van der Waals surface area contributed by atoms with Crippen molar-refractivity contribution in [2.45, 2.75) is 24.9 Å². The molecule has 1 aromatic rings. The summed E-state index contributed by atoms with van der Waals surface area (Å²) < 4.78 is 6.39. The molecule has 3 nitrogen and oxygen atoms in total. The van der Waals surface area contributed by atoms with Gasteiger partial charge in [0.15, 0.2) is 0 Å². The Morgan fingerprint density at radius 2 is 2.25 bits per heavy atom. The van der Waals surface area contributed by atoms with Crippen LogP contribution >= 0.6 is 15.9 Å². The van der Waals surface area contributed by atoms with E-state index in [-0.39, 0.29) is 0 Å². The van der Waals surface area contributed by atoms with Crippen LogP contribution in [0.3, 0.4) is 0 Å². The number of aliphatic hydroxyl groups is 1. The SMILES string of the molecule is N#Cc1ccc(Br)cc1OCCC1(O)CC1. The van der Waals surface area contributed by atoms with Crippen molar-refractivity contribution in [3.05, 3.63) is 28.2 Å². The zero-order valence-electron chi connectivity index (χ0n) is 8.74. The van der Waals surface area contributed by atoms with Crippen LogP contribution in [0.2, 0.25) is 0 Å². The molecule has 1 fully saturated rings. The third-order valence-electron chi connectivity index (χ3n) is 2.72. The number of rotatable bonds is 4. The van der Waals surface area contributed by atoms with Gasteiger partial charge in [0, 0.05) is 10.9 Å². The van der Waals surface area contributed by atoms with Gasteiger partial charge in [-0.05, 0) is 31.0 Å². The molecule has 0 aliphatic heterocycles. The van der Waals surface area contributed by atoms with Gasteiger partial charge in [-0.3, -0.25) is 0 Å². The van der Waals surface area contributed by atoms with E-state index >= 15 is 0 Å². The summed E-state index contributed by atoms with van der Waals surface area (Å²) in [6.07, 6.45) is 2.35. The molecule has 16 heavy (non-hydrogen) atoms. The summed E-state index contributed by atoms with van der Waals surface area (Å²) in [7, 11) is 0. The second-order valence-corrected chi connectivity index (χ2v) is 4.99. The van der Waals surface area contributed by atoms with E-state index in [4.69, 9.17) is 10.00 Å². The zero-order chi connectivity index (χ0) is 11.6. The minimum absolute atomic E-state index is 0.446. The van der Waals surface area contributed by atoms with E-state index < -0.39 is 5.60 Å². The number of halogens is 1. The van der Waals surface area contributed by atoms with E-state index in [0.29, 0.717) is 24.3 Å². The third-order valence-corrected chi connectivity index (χ3v) is 3.21. The van der Waals surface area contributed by atoms with Gasteiger partial charge in [-0.1, -0.05) is 15.9 Å². The summed E-state index contributed by atoms with van der Waals surface area (Å²) in [5.41, 5.74) is 0.0183. The van der Waals surface area contributed by atoms with Gasteiger partial charge in [0.25, 0.3) is 0 Å². The second kappa shape index (κ2) is 4.44. The lowest BCUT2D eigenvalue weighted by atomic mass is 10.2. The molecule has 1 N–H and O–H groups in total. The van der Waals surface area contributed by atoms with E-state index in [9.17, 15) is 5.11 Å². The first-order chi connectivity index (χ1) is 7.63. The molecule has 0 unspecified atom stereocenters. The highest BCUT2D eigenvalue weighted by Crippen LogP contribution is 2.38. The third kappa shape index (κ3) is 2.75. The van der Waals surface area contributed by atoms with Crippen LogP contribution in [0.4, 0.5) is 0 Å². The number of benzene rings is 1. The van der Waals surface area contributed by atoms with Crippen molar-refractivity contribution in [1.29, 1.82) is 5.26 Å². The molecule has 1 aliphatic carbocycles. The normalized spacial score (nSPS) is 16.6. The minimum Gasteiger partial charge on any atom is -0.492 e. The lowest BCUT2D eigenvalue weighted by Crippen LogP contribution is -2.12. The van der Waals surface area contributed by atoms with Gasteiger partial charge in [0.05, 0.1) is 17.8 Å². The molecule has 0 aromatic heterocycles. The number of nitrogens with zero attached hydrogens (tertiary/aromatic N) is 1. The summed E-state index contributed by atoms with van der Waals surface area (Å²) in [5, 5.41) is 18.5. The first-order valence-electron chi connectivity index (χ1n) is 5.18. The maximum atomic E-state index is 9.63. The van der Waals surface area contributed by atoms with E-state index in [1.165, 1.54) is 0 Å². The summed E-state index contributed by atoms with van der Waals surface area (Å²) in [6, 6.07) is 7.37. The van der Waals surface area contributed by atoms with E-state index in [1.54, 1.807) is 18.2 Å². The summed E-state index contributed by atoms with van der Waals surface area (Å²) >= 11 is 3.33. The zero-order valence-corrected chi connectivity index (χ0v) is 10.3. The Bertz CT molecular complexity index is 435. The monoisotopic (exact) mass is 281 g/mol. The smallest absolute Gasteiger partial charge is 0.138 e. The van der Waals surface area contributed by atoms with Gasteiger partial charge >= 0.3 is 0 Å². The summed E-state index contributed by atoms with van der Waals surface area (Å²) in [6.45, 7) is 0.446. The quantitative estimate of drug-likeness (QED) is 0.923. The largest absolute Gasteiger partial charge is 0.492 e. The number of ether oxygens (including phenoxy) is 1. The Morgan fingerprint density at radius 3 is 2.88 bits per heavy atom. The van der Waals surface area contributed by atoms with Crippen molar-refractivity contribution in [3.63, 3.8) is 0 Å². The Labute approximate surface area is 103 Å². The molecule has 0 spiro atoms. The van der Waals surface area contributed by atoms with Crippen LogP contribution in [0.25, 0.3) is 0 Å². The minimum atomic E-state index is -0.501. The molecule has 0 atom stereocenters. The molecule has 84 valence electrons. The fourth-order valence-electron chi connectivity index (χ4n) is 1.45. The van der Waals surface area contributed by atoms with Crippen LogP contribution in [0.1, 0.15) is 24.8 Å². The van der Waals surface area contributed by atoms with Crippen LogP contribution in [0, 0.1) is 11.3 Å². The maximum Gasteiger partial charge on any atom is 0.138 e. The van der Waals surface area contributed by atoms with Gasteiger partial charge in [-0.15, -0.1) is 0 Å². The van der Waals surface area contributed by atoms with Gasteiger partial charge in [-0.2, -0.15) is 5.26 Å². The Kier molecular flexibility index (Phi) is 3.17. The molecule has 0 radical (unpaired) electrons. The van der Waals surface area contributed by atoms with Gasteiger partial charge in [-0.25, -0.2) is 0 Å². The molecule has 2 rings (SSSR count). The standard InChI is InChI=1S/C12H12BrNO2/c13-10-2-1-9(8-14)11(7-10)16-6-5-12(15)3-4-12/h1-2,7,15H,3-6H2. The first-order valence-corrected chi connectivity index (χ1v) is 5.97. The lowest BCUT2D eigenvalue weighted by Gasteiger charge is -2.10. The molecule has 0 bridgehead atoms. The van der Waals surface area contributed by atoms with Crippen molar-refractivity contribution in [2.75, 3.05) is 6.61 Å². The van der Waals surface area contributed by atoms with E-state index in [2.05, 4.69) is 22.0 Å².